The zero-order chi connectivity index (χ0) is 24.8. The summed E-state index contributed by atoms with van der Waals surface area (Å²) in [4.78, 5) is 27.2. The van der Waals surface area contributed by atoms with Crippen molar-refractivity contribution in [3.63, 3.8) is 0 Å². The van der Waals surface area contributed by atoms with Crippen LogP contribution in [-0.2, 0) is 6.54 Å². The first-order valence-electron chi connectivity index (χ1n) is 11.2. The van der Waals surface area contributed by atoms with Gasteiger partial charge in [0.05, 0.1) is 17.9 Å². The van der Waals surface area contributed by atoms with Gasteiger partial charge < -0.3 is 30.4 Å². The molecule has 0 saturated heterocycles. The molecule has 4 aromatic rings. The first kappa shape index (κ1) is 23.8. The summed E-state index contributed by atoms with van der Waals surface area (Å²) in [5.74, 6) is 0.358. The number of hydrogen-bond donors (Lipinski definition) is 3. The van der Waals surface area contributed by atoms with Crippen molar-refractivity contribution < 1.29 is 18.7 Å². The van der Waals surface area contributed by atoms with Crippen LogP contribution in [0.4, 0.5) is 11.4 Å². The fourth-order valence-corrected chi connectivity index (χ4v) is 3.68. The predicted molar refractivity (Wildman–Crippen MR) is 137 cm³/mol. The molecule has 0 radical (unpaired) electrons. The molecule has 0 atom stereocenters. The summed E-state index contributed by atoms with van der Waals surface area (Å²) in [6.07, 6.45) is 0. The number of ether oxygens (including phenoxy) is 1. The third-order valence-electron chi connectivity index (χ3n) is 5.36. The van der Waals surface area contributed by atoms with E-state index in [1.54, 1.807) is 48.5 Å². The molecule has 180 valence electrons. The van der Waals surface area contributed by atoms with Crippen molar-refractivity contribution in [3.8, 4) is 5.75 Å². The SMILES string of the molecule is CN(C)Cc1c(C(=O)NCCOc2ccc(C(=O)Nc3ccccc3N)cc2)oc2ccccc12. The van der Waals surface area contributed by atoms with Crippen LogP contribution in [0.3, 0.4) is 0 Å². The van der Waals surface area contributed by atoms with Crippen LogP contribution in [0.25, 0.3) is 11.0 Å². The molecule has 0 aliphatic heterocycles. The summed E-state index contributed by atoms with van der Waals surface area (Å²) in [5, 5.41) is 6.57. The first-order chi connectivity index (χ1) is 16.9. The summed E-state index contributed by atoms with van der Waals surface area (Å²) < 4.78 is 11.6. The normalized spacial score (nSPS) is 10.9. The van der Waals surface area contributed by atoms with Crippen LogP contribution in [0.1, 0.15) is 26.5 Å². The number of hydrogen-bond acceptors (Lipinski definition) is 6. The molecule has 0 aliphatic rings. The van der Waals surface area contributed by atoms with Crippen LogP contribution in [0, 0.1) is 0 Å². The second kappa shape index (κ2) is 10.8. The third kappa shape index (κ3) is 5.80. The van der Waals surface area contributed by atoms with E-state index in [0.29, 0.717) is 47.1 Å². The number of carbonyl (C=O) groups excluding carboxylic acids is 2. The summed E-state index contributed by atoms with van der Waals surface area (Å²) in [6, 6.07) is 21.5. The van der Waals surface area contributed by atoms with Gasteiger partial charge in [-0.05, 0) is 56.6 Å². The number of benzene rings is 3. The fraction of sp³-hybridized carbons (Fsp3) is 0.185. The molecular weight excluding hydrogens is 444 g/mol. The average Bonchev–Trinajstić information content (AvgIpc) is 3.21. The van der Waals surface area contributed by atoms with E-state index in [1.807, 2.05) is 43.3 Å². The number of nitrogen functional groups attached to an aromatic ring is 1. The monoisotopic (exact) mass is 472 g/mol. The van der Waals surface area contributed by atoms with Crippen LogP contribution in [-0.4, -0.2) is 44.0 Å². The van der Waals surface area contributed by atoms with Crippen molar-refractivity contribution in [2.75, 3.05) is 38.3 Å². The Hall–Kier alpha value is -4.30. The number of nitrogens with zero attached hydrogens (tertiary/aromatic N) is 1. The van der Waals surface area contributed by atoms with Crippen LogP contribution < -0.4 is 21.1 Å². The number of rotatable bonds is 9. The predicted octanol–water partition coefficient (Wildman–Crippen LogP) is 4.14. The molecule has 0 unspecified atom stereocenters. The quantitative estimate of drug-likeness (QED) is 0.250. The highest BCUT2D eigenvalue weighted by Gasteiger charge is 2.20. The van der Waals surface area contributed by atoms with E-state index in [-0.39, 0.29) is 18.4 Å². The topological polar surface area (TPSA) is 110 Å². The van der Waals surface area contributed by atoms with E-state index < -0.39 is 0 Å². The van der Waals surface area contributed by atoms with E-state index in [1.165, 1.54) is 0 Å². The highest BCUT2D eigenvalue weighted by Crippen LogP contribution is 2.27. The lowest BCUT2D eigenvalue weighted by Gasteiger charge is -2.11. The molecule has 1 heterocycles. The molecule has 0 aliphatic carbocycles. The Morgan fingerprint density at radius 1 is 0.943 bits per heavy atom. The Morgan fingerprint density at radius 3 is 2.40 bits per heavy atom. The number of carbonyl (C=O) groups is 2. The standard InChI is InChI=1S/C27H28N4O4/c1-31(2)17-21-20-7-3-6-10-24(20)35-25(21)27(33)29-15-16-34-19-13-11-18(12-14-19)26(32)30-23-9-5-4-8-22(23)28/h3-14H,15-17,28H2,1-2H3,(H,29,33)(H,30,32). The maximum atomic E-state index is 12.8. The van der Waals surface area contributed by atoms with Gasteiger partial charge in [0, 0.05) is 23.1 Å². The van der Waals surface area contributed by atoms with Crippen LogP contribution in [0.15, 0.2) is 77.2 Å². The van der Waals surface area contributed by atoms with Gasteiger partial charge in [0.2, 0.25) is 0 Å². The zero-order valence-electron chi connectivity index (χ0n) is 19.7. The van der Waals surface area contributed by atoms with Gasteiger partial charge in [0.1, 0.15) is 17.9 Å². The molecule has 0 fully saturated rings. The maximum absolute atomic E-state index is 12.8. The van der Waals surface area contributed by atoms with E-state index >= 15 is 0 Å². The highest BCUT2D eigenvalue weighted by atomic mass is 16.5. The van der Waals surface area contributed by atoms with Gasteiger partial charge >= 0.3 is 0 Å². The number of anilines is 2. The first-order valence-corrected chi connectivity index (χ1v) is 11.2. The number of nitrogens with two attached hydrogens (primary N) is 1. The number of fused-ring (bicyclic) bond motifs is 1. The van der Waals surface area contributed by atoms with Gasteiger partial charge in [-0.25, -0.2) is 0 Å². The van der Waals surface area contributed by atoms with Crippen molar-refractivity contribution >= 4 is 34.2 Å². The Bertz CT molecular complexity index is 1330. The lowest BCUT2D eigenvalue weighted by Crippen LogP contribution is -2.29. The second-order valence-electron chi connectivity index (χ2n) is 8.31. The van der Waals surface area contributed by atoms with Gasteiger partial charge in [0.15, 0.2) is 5.76 Å². The molecule has 0 spiro atoms. The van der Waals surface area contributed by atoms with Crippen molar-refractivity contribution in [2.45, 2.75) is 6.54 Å². The molecule has 8 heteroatoms. The summed E-state index contributed by atoms with van der Waals surface area (Å²) in [5.41, 5.74) is 8.96. The third-order valence-corrected chi connectivity index (χ3v) is 5.36. The minimum absolute atomic E-state index is 0.263. The molecule has 3 aromatic carbocycles. The van der Waals surface area contributed by atoms with E-state index in [0.717, 1.165) is 10.9 Å². The zero-order valence-corrected chi connectivity index (χ0v) is 19.7. The second-order valence-corrected chi connectivity index (χ2v) is 8.31. The van der Waals surface area contributed by atoms with Crippen molar-refractivity contribution in [3.05, 3.63) is 89.7 Å². The number of para-hydroxylation sites is 3. The minimum Gasteiger partial charge on any atom is -0.492 e. The number of nitrogens with one attached hydrogen (secondary N) is 2. The van der Waals surface area contributed by atoms with Crippen LogP contribution >= 0.6 is 0 Å². The fourth-order valence-electron chi connectivity index (χ4n) is 3.68. The van der Waals surface area contributed by atoms with Gasteiger partial charge in [-0.2, -0.15) is 0 Å². The van der Waals surface area contributed by atoms with Gasteiger partial charge in [0.25, 0.3) is 11.8 Å². The Morgan fingerprint density at radius 2 is 1.66 bits per heavy atom. The number of amides is 2. The molecule has 2 amide bonds. The summed E-state index contributed by atoms with van der Waals surface area (Å²) in [6.45, 7) is 1.15. The highest BCUT2D eigenvalue weighted by molar-refractivity contribution is 6.05. The minimum atomic E-state index is -0.283. The van der Waals surface area contributed by atoms with Crippen LogP contribution in [0.2, 0.25) is 0 Å². The largest absolute Gasteiger partial charge is 0.492 e. The summed E-state index contributed by atoms with van der Waals surface area (Å²) >= 11 is 0. The molecule has 0 bridgehead atoms. The Kier molecular flexibility index (Phi) is 7.32. The lowest BCUT2D eigenvalue weighted by molar-refractivity contribution is 0.0918. The maximum Gasteiger partial charge on any atom is 0.287 e. The summed E-state index contributed by atoms with van der Waals surface area (Å²) in [7, 11) is 3.90. The molecule has 8 nitrogen and oxygen atoms in total. The Balaban J connectivity index is 1.30. The van der Waals surface area contributed by atoms with Crippen molar-refractivity contribution in [2.24, 2.45) is 0 Å². The van der Waals surface area contributed by atoms with Crippen LogP contribution in [0.5, 0.6) is 5.75 Å². The van der Waals surface area contributed by atoms with Gasteiger partial charge in [-0.3, -0.25) is 9.59 Å². The molecular formula is C27H28N4O4. The number of furan rings is 1. The lowest BCUT2D eigenvalue weighted by atomic mass is 10.1. The van der Waals surface area contributed by atoms with Crippen molar-refractivity contribution in [1.82, 2.24) is 10.2 Å². The van der Waals surface area contributed by atoms with E-state index in [2.05, 4.69) is 10.6 Å². The van der Waals surface area contributed by atoms with Gasteiger partial charge in [-0.15, -0.1) is 0 Å². The van der Waals surface area contributed by atoms with E-state index in [9.17, 15) is 9.59 Å². The Labute approximate surface area is 203 Å². The van der Waals surface area contributed by atoms with Crippen molar-refractivity contribution in [1.29, 1.82) is 0 Å². The average molecular weight is 473 g/mol. The smallest absolute Gasteiger partial charge is 0.287 e. The molecule has 35 heavy (non-hydrogen) atoms. The molecule has 1 aromatic heterocycles. The molecule has 4 rings (SSSR count). The van der Waals surface area contributed by atoms with E-state index in [4.69, 9.17) is 14.9 Å². The van der Waals surface area contributed by atoms with Gasteiger partial charge in [-0.1, -0.05) is 30.3 Å². The molecule has 0 saturated carbocycles. The molecule has 4 N–H and O–H groups in total.